The Bertz CT molecular complexity index is 384. The van der Waals surface area contributed by atoms with Crippen LogP contribution in [0.5, 0.6) is 0 Å². The lowest BCUT2D eigenvalue weighted by Gasteiger charge is -2.34. The summed E-state index contributed by atoms with van der Waals surface area (Å²) in [5, 5.41) is -0.320. The number of rotatable bonds is 14. The maximum Gasteiger partial charge on any atom is 0.225 e. The molecule has 0 aromatic carbocycles. The number of carbonyl (C=O) groups is 2. The molecule has 0 heterocycles. The fraction of sp³-hybridized carbons (Fsp3) is 0.905. The molecule has 1 aliphatic rings. The van der Waals surface area contributed by atoms with Gasteiger partial charge >= 0.3 is 0 Å². The van der Waals surface area contributed by atoms with E-state index in [2.05, 4.69) is 6.92 Å². The Morgan fingerprint density at radius 3 is 2.16 bits per heavy atom. The van der Waals surface area contributed by atoms with E-state index in [1.54, 1.807) is 0 Å². The highest BCUT2D eigenvalue weighted by Gasteiger charge is 2.33. The molecule has 1 rings (SSSR count). The zero-order valence-corrected chi connectivity index (χ0v) is 17.4. The average Bonchev–Trinajstić information content (AvgIpc) is 2.58. The monoisotopic (exact) mass is 390 g/mol. The summed E-state index contributed by atoms with van der Waals surface area (Å²) in [7, 11) is 0. The predicted octanol–water partition coefficient (Wildman–Crippen LogP) is 7.25. The lowest BCUT2D eigenvalue weighted by atomic mass is 9.71. The van der Waals surface area contributed by atoms with Crippen LogP contribution in [0.1, 0.15) is 103 Å². The van der Waals surface area contributed by atoms with E-state index in [4.69, 9.17) is 23.2 Å². The molecule has 25 heavy (non-hydrogen) atoms. The number of carbonyl (C=O) groups excluding carboxylic acids is 2. The molecule has 3 atom stereocenters. The minimum absolute atomic E-state index is 0.0942. The summed E-state index contributed by atoms with van der Waals surface area (Å²) < 4.78 is 0. The molecule has 0 radical (unpaired) electrons. The lowest BCUT2D eigenvalue weighted by molar-refractivity contribution is -0.118. The van der Waals surface area contributed by atoms with Gasteiger partial charge < -0.3 is 0 Å². The molecule has 0 bridgehead atoms. The van der Waals surface area contributed by atoms with Crippen LogP contribution in [0.25, 0.3) is 0 Å². The number of hydrogen-bond donors (Lipinski definition) is 0. The minimum Gasteiger partial charge on any atom is -0.281 e. The van der Waals surface area contributed by atoms with Crippen LogP contribution in [0.4, 0.5) is 0 Å². The second-order valence-corrected chi connectivity index (χ2v) is 8.65. The lowest BCUT2D eigenvalue weighted by Crippen LogP contribution is -2.29. The highest BCUT2D eigenvalue weighted by atomic mass is 35.5. The van der Waals surface area contributed by atoms with Gasteiger partial charge in [0.05, 0.1) is 0 Å². The molecule has 1 aliphatic carbocycles. The van der Waals surface area contributed by atoms with Crippen LogP contribution in [-0.4, -0.2) is 10.5 Å². The topological polar surface area (TPSA) is 34.1 Å². The zero-order valence-electron chi connectivity index (χ0n) is 15.9. The summed E-state index contributed by atoms with van der Waals surface area (Å²) >= 11 is 11.3. The fourth-order valence-corrected chi connectivity index (χ4v) is 4.67. The van der Waals surface area contributed by atoms with E-state index in [-0.39, 0.29) is 16.4 Å². The third-order valence-corrected chi connectivity index (χ3v) is 6.28. The first-order chi connectivity index (χ1) is 12.0. The second-order valence-electron chi connectivity index (χ2n) is 7.86. The predicted molar refractivity (Wildman–Crippen MR) is 107 cm³/mol. The highest BCUT2D eigenvalue weighted by Crippen LogP contribution is 2.40. The van der Waals surface area contributed by atoms with Gasteiger partial charge in [0.2, 0.25) is 10.5 Å². The van der Waals surface area contributed by atoms with Crippen molar-refractivity contribution in [2.24, 2.45) is 17.8 Å². The second kappa shape index (κ2) is 14.0. The Hall–Kier alpha value is -0.0800. The first-order valence-electron chi connectivity index (χ1n) is 10.4. The molecule has 0 spiro atoms. The van der Waals surface area contributed by atoms with Crippen molar-refractivity contribution in [3.63, 3.8) is 0 Å². The Morgan fingerprint density at radius 1 is 0.840 bits per heavy atom. The highest BCUT2D eigenvalue weighted by molar-refractivity contribution is 6.64. The van der Waals surface area contributed by atoms with Crippen LogP contribution in [0.3, 0.4) is 0 Å². The number of halogens is 2. The van der Waals surface area contributed by atoms with Crippen LogP contribution in [0.2, 0.25) is 0 Å². The van der Waals surface area contributed by atoms with E-state index >= 15 is 0 Å². The maximum atomic E-state index is 11.9. The van der Waals surface area contributed by atoms with Gasteiger partial charge in [-0.2, -0.15) is 0 Å². The standard InChI is InChI=1S/C21H36Cl2O2/c1-2-3-4-9-12-18-15-14-17(16-19(18)21(23)25)11-8-6-5-7-10-13-20(22)24/h17-19H,2-16H2,1H3. The molecule has 146 valence electrons. The minimum atomic E-state index is -0.219. The van der Waals surface area contributed by atoms with Crippen molar-refractivity contribution in [3.05, 3.63) is 0 Å². The summed E-state index contributed by atoms with van der Waals surface area (Å²) in [6.07, 6.45) is 17.0. The van der Waals surface area contributed by atoms with Crippen LogP contribution in [0, 0.1) is 17.8 Å². The van der Waals surface area contributed by atoms with Crippen LogP contribution in [-0.2, 0) is 9.59 Å². The van der Waals surface area contributed by atoms with Crippen molar-refractivity contribution < 1.29 is 9.59 Å². The third kappa shape index (κ3) is 10.6. The molecule has 1 fully saturated rings. The van der Waals surface area contributed by atoms with Crippen LogP contribution < -0.4 is 0 Å². The molecular weight excluding hydrogens is 355 g/mol. The van der Waals surface area contributed by atoms with Gasteiger partial charge in [0.25, 0.3) is 0 Å². The number of hydrogen-bond acceptors (Lipinski definition) is 2. The molecule has 4 heteroatoms. The summed E-state index contributed by atoms with van der Waals surface area (Å²) in [5.41, 5.74) is 0. The third-order valence-electron chi connectivity index (χ3n) is 5.81. The molecule has 1 saturated carbocycles. The van der Waals surface area contributed by atoms with E-state index in [1.807, 2.05) is 0 Å². The van der Waals surface area contributed by atoms with Crippen molar-refractivity contribution >= 4 is 33.7 Å². The normalized spacial score (nSPS) is 23.6. The fourth-order valence-electron chi connectivity index (χ4n) is 4.27. The van der Waals surface area contributed by atoms with Gasteiger partial charge in [-0.3, -0.25) is 9.59 Å². The van der Waals surface area contributed by atoms with E-state index in [0.29, 0.717) is 18.3 Å². The Kier molecular flexibility index (Phi) is 12.9. The molecular formula is C21H36Cl2O2. The van der Waals surface area contributed by atoms with Gasteiger partial charge in [0.1, 0.15) is 0 Å². The Morgan fingerprint density at radius 2 is 1.48 bits per heavy atom. The van der Waals surface area contributed by atoms with E-state index < -0.39 is 0 Å². The Balaban J connectivity index is 2.19. The van der Waals surface area contributed by atoms with Crippen LogP contribution >= 0.6 is 23.2 Å². The largest absolute Gasteiger partial charge is 0.281 e. The van der Waals surface area contributed by atoms with Crippen LogP contribution in [0.15, 0.2) is 0 Å². The molecule has 0 aromatic rings. The molecule has 0 amide bonds. The van der Waals surface area contributed by atoms with Crippen molar-refractivity contribution in [2.45, 2.75) is 103 Å². The molecule has 0 N–H and O–H groups in total. The Labute approximate surface area is 164 Å². The van der Waals surface area contributed by atoms with Gasteiger partial charge in [-0.05, 0) is 60.7 Å². The first-order valence-corrected chi connectivity index (χ1v) is 11.2. The SMILES string of the molecule is CCCCCCC1CCC(CCCCCCCC(=O)Cl)CC1C(=O)Cl. The van der Waals surface area contributed by atoms with E-state index in [9.17, 15) is 9.59 Å². The molecule has 0 aliphatic heterocycles. The zero-order chi connectivity index (χ0) is 18.5. The molecule has 2 nitrogen and oxygen atoms in total. The van der Waals surface area contributed by atoms with Gasteiger partial charge in [0.15, 0.2) is 0 Å². The first kappa shape index (κ1) is 23.0. The smallest absolute Gasteiger partial charge is 0.225 e. The summed E-state index contributed by atoms with van der Waals surface area (Å²) in [6, 6.07) is 0. The average molecular weight is 391 g/mol. The molecule has 0 aromatic heterocycles. The summed E-state index contributed by atoms with van der Waals surface area (Å²) in [4.78, 5) is 22.6. The van der Waals surface area contributed by atoms with Crippen molar-refractivity contribution in [1.29, 1.82) is 0 Å². The molecule has 0 saturated heterocycles. The van der Waals surface area contributed by atoms with Crippen molar-refractivity contribution in [3.8, 4) is 0 Å². The summed E-state index contributed by atoms with van der Waals surface area (Å²) in [5.74, 6) is 1.28. The molecule has 3 unspecified atom stereocenters. The van der Waals surface area contributed by atoms with E-state index in [0.717, 1.165) is 19.3 Å². The maximum absolute atomic E-state index is 11.9. The van der Waals surface area contributed by atoms with Crippen molar-refractivity contribution in [2.75, 3.05) is 0 Å². The van der Waals surface area contributed by atoms with E-state index in [1.165, 1.54) is 70.6 Å². The van der Waals surface area contributed by atoms with Gasteiger partial charge in [-0.15, -0.1) is 0 Å². The van der Waals surface area contributed by atoms with Gasteiger partial charge in [-0.1, -0.05) is 71.1 Å². The van der Waals surface area contributed by atoms with Crippen molar-refractivity contribution in [1.82, 2.24) is 0 Å². The summed E-state index contributed by atoms with van der Waals surface area (Å²) in [6.45, 7) is 2.23. The number of unbranched alkanes of at least 4 members (excludes halogenated alkanes) is 7. The quantitative estimate of drug-likeness (QED) is 0.231. The van der Waals surface area contributed by atoms with Gasteiger partial charge in [0, 0.05) is 12.3 Å². The van der Waals surface area contributed by atoms with Gasteiger partial charge in [-0.25, -0.2) is 0 Å².